The van der Waals surface area contributed by atoms with E-state index in [0.717, 1.165) is 126 Å². The van der Waals surface area contributed by atoms with Crippen LogP contribution < -0.4 is 20.9 Å². The highest BCUT2D eigenvalue weighted by molar-refractivity contribution is 5.93. The Hall–Kier alpha value is -5.98. The number of anilines is 2. The lowest BCUT2D eigenvalue weighted by molar-refractivity contribution is -0.138. The number of aliphatic carboxylic acids is 1. The third-order valence-electron chi connectivity index (χ3n) is 15.8. The van der Waals surface area contributed by atoms with E-state index in [4.69, 9.17) is 15.8 Å². The molecule has 6 aromatic rings. The maximum absolute atomic E-state index is 13.1. The van der Waals surface area contributed by atoms with E-state index in [2.05, 4.69) is 129 Å². The van der Waals surface area contributed by atoms with Crippen LogP contribution in [0.2, 0.25) is 0 Å². The predicted octanol–water partition coefficient (Wildman–Crippen LogP) is 8.27. The van der Waals surface area contributed by atoms with E-state index in [0.29, 0.717) is 19.0 Å². The van der Waals surface area contributed by atoms with Gasteiger partial charge in [-0.2, -0.15) is 10.2 Å². The van der Waals surface area contributed by atoms with E-state index in [1.54, 1.807) is 0 Å². The van der Waals surface area contributed by atoms with Crippen molar-refractivity contribution in [1.29, 1.82) is 0 Å². The summed E-state index contributed by atoms with van der Waals surface area (Å²) in [6, 6.07) is 21.2. The minimum absolute atomic E-state index is 0.0338. The summed E-state index contributed by atoms with van der Waals surface area (Å²) in [6.07, 6.45) is 15.5. The molecule has 10 rings (SSSR count). The number of aromatic nitrogens is 6. The smallest absolute Gasteiger partial charge is 0.305 e. The number of aryl methyl sites for hydroxylation is 2. The normalized spacial score (nSPS) is 18.0. The first-order chi connectivity index (χ1) is 37.4. The molecule has 0 saturated carbocycles. The van der Waals surface area contributed by atoms with Gasteiger partial charge in [-0.15, -0.1) is 0 Å². The van der Waals surface area contributed by atoms with Gasteiger partial charge < -0.3 is 35.8 Å². The number of pyridine rings is 2. The molecule has 1 amide bonds. The molecule has 4 fully saturated rings. The molecule has 17 heteroatoms. The van der Waals surface area contributed by atoms with Crippen LogP contribution in [-0.4, -0.2) is 171 Å². The number of fused-ring (bicyclic) bond motifs is 2. The topological polar surface area (TPSA) is 173 Å². The van der Waals surface area contributed by atoms with Crippen LogP contribution in [0.1, 0.15) is 126 Å². The van der Waals surface area contributed by atoms with Gasteiger partial charge in [-0.25, -0.2) is 0 Å². The molecular formula is C60H88N14O3. The van der Waals surface area contributed by atoms with Gasteiger partial charge in [0.15, 0.2) is 0 Å². The Bertz CT molecular complexity index is 2800. The summed E-state index contributed by atoms with van der Waals surface area (Å²) in [5.41, 5.74) is 14.2. The summed E-state index contributed by atoms with van der Waals surface area (Å²) in [7, 11) is 0. The average Bonchev–Trinajstić information content (AvgIpc) is 4.28. The molecule has 4 N–H and O–H groups in total. The minimum atomic E-state index is -0.792. The lowest BCUT2D eigenvalue weighted by Gasteiger charge is -2.30. The van der Waals surface area contributed by atoms with Crippen LogP contribution >= 0.6 is 0 Å². The number of benzene rings is 2. The van der Waals surface area contributed by atoms with Gasteiger partial charge in [0.25, 0.3) is 0 Å². The lowest BCUT2D eigenvalue weighted by Crippen LogP contribution is -2.38. The van der Waals surface area contributed by atoms with Gasteiger partial charge >= 0.3 is 5.97 Å². The number of carboxylic acids is 1. The van der Waals surface area contributed by atoms with E-state index < -0.39 is 5.97 Å². The average molecular weight is 1050 g/mol. The van der Waals surface area contributed by atoms with Crippen LogP contribution in [0.15, 0.2) is 85.5 Å². The number of nitrogens with zero attached hydrogens (tertiary/aromatic N) is 12. The van der Waals surface area contributed by atoms with Gasteiger partial charge in [0.1, 0.15) is 0 Å². The molecule has 4 saturated heterocycles. The van der Waals surface area contributed by atoms with Gasteiger partial charge in [0.05, 0.1) is 52.3 Å². The van der Waals surface area contributed by atoms with E-state index in [9.17, 15) is 14.7 Å². The second-order valence-electron chi connectivity index (χ2n) is 22.1. The highest BCUT2D eigenvalue weighted by atomic mass is 16.4. The first kappa shape index (κ1) is 57.2. The molecule has 2 aromatic carbocycles. The minimum Gasteiger partial charge on any atom is -0.481 e. The summed E-state index contributed by atoms with van der Waals surface area (Å²) in [5.74, 6) is -0.678. The van der Waals surface area contributed by atoms with Gasteiger partial charge in [-0.05, 0) is 142 Å². The van der Waals surface area contributed by atoms with Crippen molar-refractivity contribution in [3.63, 3.8) is 0 Å². The molecule has 8 heterocycles. The Labute approximate surface area is 457 Å². The maximum Gasteiger partial charge on any atom is 0.305 e. The zero-order valence-corrected chi connectivity index (χ0v) is 47.1. The Balaban J connectivity index is 0.000000180. The molecule has 0 spiro atoms. The number of hydrogen-bond acceptors (Lipinski definition) is 13. The molecule has 0 bridgehead atoms. The Kier molecular flexibility index (Phi) is 20.8. The molecular weight excluding hydrogens is 965 g/mol. The van der Waals surface area contributed by atoms with Gasteiger partial charge in [0.2, 0.25) is 5.91 Å². The number of amides is 1. The first-order valence-electron chi connectivity index (χ1n) is 28.8. The van der Waals surface area contributed by atoms with Crippen molar-refractivity contribution in [1.82, 2.24) is 54.4 Å². The molecule has 17 nitrogen and oxygen atoms in total. The zero-order chi connectivity index (χ0) is 54.3. The van der Waals surface area contributed by atoms with Crippen molar-refractivity contribution >= 4 is 45.1 Å². The fraction of sp³-hybridized carbons (Fsp3) is 0.567. The first-order valence-corrected chi connectivity index (χ1v) is 28.8. The van der Waals surface area contributed by atoms with E-state index >= 15 is 0 Å². The summed E-state index contributed by atoms with van der Waals surface area (Å²) in [4.78, 5) is 48.7. The van der Waals surface area contributed by atoms with Crippen LogP contribution in [0.3, 0.4) is 0 Å². The van der Waals surface area contributed by atoms with E-state index in [1.165, 1.54) is 66.7 Å². The number of carbonyl (C=O) groups is 2. The second kappa shape index (κ2) is 28.1. The van der Waals surface area contributed by atoms with Crippen molar-refractivity contribution in [3.05, 3.63) is 108 Å². The lowest BCUT2D eigenvalue weighted by atomic mass is 10.1. The maximum atomic E-state index is 13.1. The summed E-state index contributed by atoms with van der Waals surface area (Å²) >= 11 is 0. The Morgan fingerprint density at radius 2 is 1.04 bits per heavy atom. The number of nitrogens with two attached hydrogens (primary N) is 1. The Morgan fingerprint density at radius 3 is 1.48 bits per heavy atom. The van der Waals surface area contributed by atoms with E-state index in [1.807, 2.05) is 52.4 Å². The van der Waals surface area contributed by atoms with Crippen LogP contribution in [0.25, 0.3) is 21.8 Å². The third-order valence-corrected chi connectivity index (χ3v) is 15.8. The molecule has 0 aliphatic carbocycles. The summed E-state index contributed by atoms with van der Waals surface area (Å²) in [6.45, 7) is 28.3. The Morgan fingerprint density at radius 1 is 0.571 bits per heavy atom. The third kappa shape index (κ3) is 15.4. The van der Waals surface area contributed by atoms with Crippen LogP contribution in [-0.2, 0) is 9.59 Å². The number of carbonyl (C=O) groups excluding carboxylic acids is 1. The quantitative estimate of drug-likeness (QED) is 0.0797. The standard InChI is InChI=1S/C30H43N7O.C24H31N5O2.C6H14N2/c1-23(2)37-18-11-26(33-37)27(22-28(38)31-13-19-34-14-4-5-15-34)35-16-7-17-36(21-20-35)30-24(3)9-10-25-8-6-12-32-29(25)30;1-17(2)29-13-9-20(26-29)21(16-22(30)31)27-11-5-12-28(15-14-27)24-18(3)7-8-19-6-4-10-25-23(19)24;7-3-6-8-4-1-2-5-8/h6,8-12,18,23,27H,4-5,7,13-17,19-22H2,1-3H3,(H,31,38);4,6-10,13,17,21H,5,11-12,14-16H2,1-3H3,(H,30,31);1-7H2. The molecule has 416 valence electrons. The van der Waals surface area contributed by atoms with Crippen LogP contribution in [0, 0.1) is 13.8 Å². The number of rotatable bonds is 17. The molecule has 2 atom stereocenters. The predicted molar refractivity (Wildman–Crippen MR) is 311 cm³/mol. The van der Waals surface area contributed by atoms with Crippen molar-refractivity contribution in [2.75, 3.05) is 115 Å². The van der Waals surface area contributed by atoms with Crippen molar-refractivity contribution in [2.45, 2.75) is 117 Å². The van der Waals surface area contributed by atoms with Crippen molar-refractivity contribution in [2.24, 2.45) is 5.73 Å². The van der Waals surface area contributed by atoms with Crippen molar-refractivity contribution < 1.29 is 14.7 Å². The number of hydrogen-bond donors (Lipinski definition) is 3. The monoisotopic (exact) mass is 1050 g/mol. The summed E-state index contributed by atoms with van der Waals surface area (Å²) in [5, 5.41) is 24.7. The van der Waals surface area contributed by atoms with E-state index in [-0.39, 0.29) is 30.5 Å². The van der Waals surface area contributed by atoms with Crippen LogP contribution in [0.4, 0.5) is 11.4 Å². The largest absolute Gasteiger partial charge is 0.481 e. The van der Waals surface area contributed by atoms with Crippen molar-refractivity contribution in [3.8, 4) is 0 Å². The van der Waals surface area contributed by atoms with Crippen LogP contribution in [0.5, 0.6) is 0 Å². The number of likely N-dealkylation sites (tertiary alicyclic amines) is 2. The fourth-order valence-corrected chi connectivity index (χ4v) is 11.6. The highest BCUT2D eigenvalue weighted by Crippen LogP contribution is 2.34. The number of carboxylic acid groups (broad SMARTS) is 1. The summed E-state index contributed by atoms with van der Waals surface area (Å²) < 4.78 is 3.91. The molecule has 2 unspecified atom stereocenters. The SMILES string of the molecule is Cc1ccc2cccnc2c1N1CCCN(C(CC(=O)NCCN2CCCC2)c2ccn(C(C)C)n2)CC1.Cc1ccc2cccnc2c1N1CCCN(C(CC(=O)O)c2ccn(C(C)C)n2)CC1.NCCN1CCCC1. The van der Waals surface area contributed by atoms with Gasteiger partial charge in [-0.1, -0.05) is 36.4 Å². The fourth-order valence-electron chi connectivity index (χ4n) is 11.6. The van der Waals surface area contributed by atoms with Gasteiger partial charge in [-0.3, -0.25) is 38.7 Å². The molecule has 77 heavy (non-hydrogen) atoms. The zero-order valence-electron chi connectivity index (χ0n) is 47.1. The highest BCUT2D eigenvalue weighted by Gasteiger charge is 2.31. The molecule has 4 aliphatic heterocycles. The molecule has 4 aliphatic rings. The molecule has 4 aromatic heterocycles. The van der Waals surface area contributed by atoms with Gasteiger partial charge in [0, 0.05) is 133 Å². The number of nitrogens with one attached hydrogen (secondary N) is 1. The molecule has 0 radical (unpaired) electrons. The second-order valence-corrected chi connectivity index (χ2v) is 22.1.